The van der Waals surface area contributed by atoms with Crippen molar-refractivity contribution in [1.82, 2.24) is 10.2 Å². The highest BCUT2D eigenvalue weighted by atomic mass is 16.1. The van der Waals surface area contributed by atoms with Crippen molar-refractivity contribution in [3.63, 3.8) is 0 Å². The van der Waals surface area contributed by atoms with Gasteiger partial charge in [0, 0.05) is 12.0 Å². The average Bonchev–Trinajstić information content (AvgIpc) is 2.17. The summed E-state index contributed by atoms with van der Waals surface area (Å²) < 4.78 is 0. The van der Waals surface area contributed by atoms with E-state index in [9.17, 15) is 4.79 Å². The van der Waals surface area contributed by atoms with Crippen LogP contribution in [0.5, 0.6) is 0 Å². The topological polar surface area (TPSA) is 42.9 Å². The highest BCUT2D eigenvalue weighted by Crippen LogP contribution is 2.22. The Labute approximate surface area is 77.2 Å². The number of fused-ring (bicyclic) bond motifs is 1. The van der Waals surface area contributed by atoms with Gasteiger partial charge in [-0.1, -0.05) is 6.92 Å². The molecule has 0 aliphatic heterocycles. The molecule has 2 rings (SSSR count). The van der Waals surface area contributed by atoms with Crippen molar-refractivity contribution < 1.29 is 4.79 Å². The molecule has 0 aromatic carbocycles. The standard InChI is InChI=1S/C10H12N2O/c1-2-8-10-7(6-11-12-8)4-3-5-9(10)13/h6H,2-5H2,1H3. The molecular formula is C10H12N2O. The fourth-order valence-electron chi connectivity index (χ4n) is 1.81. The first-order valence-electron chi connectivity index (χ1n) is 4.69. The second-order valence-corrected chi connectivity index (χ2v) is 3.32. The summed E-state index contributed by atoms with van der Waals surface area (Å²) >= 11 is 0. The van der Waals surface area contributed by atoms with Crippen molar-refractivity contribution in [2.45, 2.75) is 32.6 Å². The van der Waals surface area contributed by atoms with E-state index < -0.39 is 0 Å². The van der Waals surface area contributed by atoms with Gasteiger partial charge in [-0.25, -0.2) is 0 Å². The van der Waals surface area contributed by atoms with E-state index in [0.29, 0.717) is 6.42 Å². The fourth-order valence-corrected chi connectivity index (χ4v) is 1.81. The number of aryl methyl sites for hydroxylation is 2. The van der Waals surface area contributed by atoms with E-state index in [4.69, 9.17) is 0 Å². The van der Waals surface area contributed by atoms with Gasteiger partial charge in [0.15, 0.2) is 5.78 Å². The maximum Gasteiger partial charge on any atom is 0.165 e. The molecule has 0 unspecified atom stereocenters. The fraction of sp³-hybridized carbons (Fsp3) is 0.500. The van der Waals surface area contributed by atoms with Crippen molar-refractivity contribution >= 4 is 5.78 Å². The number of hydrogen-bond donors (Lipinski definition) is 0. The van der Waals surface area contributed by atoms with Crippen LogP contribution in [-0.4, -0.2) is 16.0 Å². The van der Waals surface area contributed by atoms with Crippen molar-refractivity contribution in [3.05, 3.63) is 23.0 Å². The van der Waals surface area contributed by atoms with Gasteiger partial charge in [0.2, 0.25) is 0 Å². The van der Waals surface area contributed by atoms with Crippen LogP contribution in [0.1, 0.15) is 41.4 Å². The highest BCUT2D eigenvalue weighted by Gasteiger charge is 2.20. The van der Waals surface area contributed by atoms with Crippen LogP contribution in [0.25, 0.3) is 0 Å². The first-order valence-corrected chi connectivity index (χ1v) is 4.69. The zero-order chi connectivity index (χ0) is 9.26. The SMILES string of the molecule is CCc1nncc2c1C(=O)CCC2. The molecule has 1 aliphatic rings. The number of aromatic nitrogens is 2. The molecule has 1 aromatic heterocycles. The molecule has 0 amide bonds. The number of carbonyl (C=O) groups is 1. The maximum atomic E-state index is 11.6. The van der Waals surface area contributed by atoms with E-state index in [0.717, 1.165) is 36.1 Å². The van der Waals surface area contributed by atoms with Crippen molar-refractivity contribution in [1.29, 1.82) is 0 Å². The Bertz CT molecular complexity index is 333. The van der Waals surface area contributed by atoms with Crippen molar-refractivity contribution in [2.75, 3.05) is 0 Å². The van der Waals surface area contributed by atoms with Gasteiger partial charge in [-0.3, -0.25) is 4.79 Å². The molecule has 0 radical (unpaired) electrons. The lowest BCUT2D eigenvalue weighted by molar-refractivity contribution is 0.0970. The predicted octanol–water partition coefficient (Wildman–Crippen LogP) is 1.56. The Balaban J connectivity index is 2.56. The van der Waals surface area contributed by atoms with Gasteiger partial charge >= 0.3 is 0 Å². The van der Waals surface area contributed by atoms with Crippen molar-refractivity contribution in [3.8, 4) is 0 Å². The number of nitrogens with zero attached hydrogens (tertiary/aromatic N) is 2. The molecule has 68 valence electrons. The summed E-state index contributed by atoms with van der Waals surface area (Å²) in [6, 6.07) is 0. The molecule has 0 saturated carbocycles. The summed E-state index contributed by atoms with van der Waals surface area (Å²) in [5.41, 5.74) is 2.80. The molecular weight excluding hydrogens is 164 g/mol. The lowest BCUT2D eigenvalue weighted by Gasteiger charge is -2.15. The predicted molar refractivity (Wildman–Crippen MR) is 48.7 cm³/mol. The molecule has 0 N–H and O–H groups in total. The number of Topliss-reactive ketones (excluding diaryl/α,β-unsaturated/α-hetero) is 1. The van der Waals surface area contributed by atoms with Crippen LogP contribution in [-0.2, 0) is 12.8 Å². The van der Waals surface area contributed by atoms with Gasteiger partial charge in [0.05, 0.1) is 11.9 Å². The molecule has 13 heavy (non-hydrogen) atoms. The summed E-state index contributed by atoms with van der Waals surface area (Å²) in [5, 5.41) is 7.89. The zero-order valence-electron chi connectivity index (χ0n) is 7.71. The van der Waals surface area contributed by atoms with Crippen LogP contribution < -0.4 is 0 Å². The number of ketones is 1. The van der Waals surface area contributed by atoms with E-state index >= 15 is 0 Å². The van der Waals surface area contributed by atoms with Crippen LogP contribution in [0, 0.1) is 0 Å². The third-order valence-electron chi connectivity index (χ3n) is 2.47. The molecule has 0 saturated heterocycles. The molecule has 3 heteroatoms. The van der Waals surface area contributed by atoms with Crippen LogP contribution in [0.2, 0.25) is 0 Å². The first kappa shape index (κ1) is 8.35. The molecule has 1 aromatic rings. The van der Waals surface area contributed by atoms with Gasteiger partial charge in [-0.2, -0.15) is 10.2 Å². The van der Waals surface area contributed by atoms with E-state index in [2.05, 4.69) is 10.2 Å². The minimum atomic E-state index is 0.244. The third kappa shape index (κ3) is 1.34. The molecule has 0 bridgehead atoms. The van der Waals surface area contributed by atoms with Crippen molar-refractivity contribution in [2.24, 2.45) is 0 Å². The molecule has 0 spiro atoms. The van der Waals surface area contributed by atoms with Crippen LogP contribution >= 0.6 is 0 Å². The van der Waals surface area contributed by atoms with Gasteiger partial charge in [0.25, 0.3) is 0 Å². The molecule has 3 nitrogen and oxygen atoms in total. The van der Waals surface area contributed by atoms with Crippen LogP contribution in [0.3, 0.4) is 0 Å². The number of rotatable bonds is 1. The molecule has 1 aliphatic carbocycles. The monoisotopic (exact) mass is 176 g/mol. The van der Waals surface area contributed by atoms with Gasteiger partial charge < -0.3 is 0 Å². The van der Waals surface area contributed by atoms with Crippen LogP contribution in [0.15, 0.2) is 6.20 Å². The average molecular weight is 176 g/mol. The molecule has 0 fully saturated rings. The second kappa shape index (κ2) is 3.24. The Morgan fingerprint density at radius 3 is 3.08 bits per heavy atom. The lowest BCUT2D eigenvalue weighted by atomic mass is 9.90. The molecule has 1 heterocycles. The van der Waals surface area contributed by atoms with E-state index in [-0.39, 0.29) is 5.78 Å². The van der Waals surface area contributed by atoms with E-state index in [1.54, 1.807) is 6.20 Å². The first-order chi connectivity index (χ1) is 6.33. The Morgan fingerprint density at radius 1 is 1.46 bits per heavy atom. The Morgan fingerprint density at radius 2 is 2.31 bits per heavy atom. The summed E-state index contributed by atoms with van der Waals surface area (Å²) in [5.74, 6) is 0.244. The number of hydrogen-bond acceptors (Lipinski definition) is 3. The minimum Gasteiger partial charge on any atom is -0.294 e. The smallest absolute Gasteiger partial charge is 0.165 e. The van der Waals surface area contributed by atoms with E-state index in [1.165, 1.54) is 0 Å². The van der Waals surface area contributed by atoms with Gasteiger partial charge in [-0.05, 0) is 24.8 Å². The van der Waals surface area contributed by atoms with Gasteiger partial charge in [0.1, 0.15) is 0 Å². The van der Waals surface area contributed by atoms with E-state index in [1.807, 2.05) is 6.92 Å². The quantitative estimate of drug-likeness (QED) is 0.652. The summed E-state index contributed by atoms with van der Waals surface area (Å²) in [6.07, 6.45) is 5.13. The third-order valence-corrected chi connectivity index (χ3v) is 2.47. The summed E-state index contributed by atoms with van der Waals surface area (Å²) in [4.78, 5) is 11.6. The lowest BCUT2D eigenvalue weighted by Crippen LogP contribution is -2.15. The Kier molecular flexibility index (Phi) is 2.08. The minimum absolute atomic E-state index is 0.244. The number of carbonyl (C=O) groups excluding carboxylic acids is 1. The second-order valence-electron chi connectivity index (χ2n) is 3.32. The summed E-state index contributed by atoms with van der Waals surface area (Å²) in [6.45, 7) is 2.01. The summed E-state index contributed by atoms with van der Waals surface area (Å²) in [7, 11) is 0. The zero-order valence-corrected chi connectivity index (χ0v) is 7.71. The molecule has 0 atom stereocenters. The normalized spacial score (nSPS) is 15.6. The van der Waals surface area contributed by atoms with Crippen LogP contribution in [0.4, 0.5) is 0 Å². The van der Waals surface area contributed by atoms with Gasteiger partial charge in [-0.15, -0.1) is 0 Å². The maximum absolute atomic E-state index is 11.6. The highest BCUT2D eigenvalue weighted by molar-refractivity contribution is 5.99. The Hall–Kier alpha value is -1.25. The largest absolute Gasteiger partial charge is 0.294 e.